The van der Waals surface area contributed by atoms with Crippen LogP contribution in [0.5, 0.6) is 0 Å². The molecule has 1 fully saturated rings. The lowest BCUT2D eigenvalue weighted by molar-refractivity contribution is 0.0738. The van der Waals surface area contributed by atoms with Gasteiger partial charge in [-0.2, -0.15) is 0 Å². The second-order valence-electron chi connectivity index (χ2n) is 5.91. The quantitative estimate of drug-likeness (QED) is 0.766. The molecule has 0 aliphatic carbocycles. The standard InChI is InChI=1S/C18H16ClFN4O/c19-17-16(18(25)23-9-7-21-8-10-23)14-11-22-6-5-15(14)24(17)13-3-1-12(20)2-4-13/h1-6,11,21H,7-10H2. The molecule has 1 amide bonds. The van der Waals surface area contributed by atoms with E-state index in [0.717, 1.165) is 18.6 Å². The minimum absolute atomic E-state index is 0.106. The Labute approximate surface area is 149 Å². The van der Waals surface area contributed by atoms with Crippen LogP contribution < -0.4 is 5.32 Å². The van der Waals surface area contributed by atoms with E-state index in [0.29, 0.717) is 34.9 Å². The highest BCUT2D eigenvalue weighted by molar-refractivity contribution is 6.35. The summed E-state index contributed by atoms with van der Waals surface area (Å²) >= 11 is 6.62. The molecular weight excluding hydrogens is 343 g/mol. The van der Waals surface area contributed by atoms with Crippen LogP contribution in [-0.2, 0) is 0 Å². The maximum absolute atomic E-state index is 13.3. The molecule has 0 bridgehead atoms. The molecule has 0 atom stereocenters. The number of hydrogen-bond donors (Lipinski definition) is 1. The number of nitrogens with zero attached hydrogens (tertiary/aromatic N) is 3. The number of benzene rings is 1. The lowest BCUT2D eigenvalue weighted by Crippen LogP contribution is -2.46. The van der Waals surface area contributed by atoms with Gasteiger partial charge in [-0.15, -0.1) is 0 Å². The van der Waals surface area contributed by atoms with E-state index in [-0.39, 0.29) is 11.7 Å². The molecule has 3 aromatic rings. The molecule has 1 N–H and O–H groups in total. The van der Waals surface area contributed by atoms with E-state index in [1.54, 1.807) is 40.1 Å². The van der Waals surface area contributed by atoms with Gasteiger partial charge in [-0.25, -0.2) is 4.39 Å². The first kappa shape index (κ1) is 16.1. The van der Waals surface area contributed by atoms with Crippen molar-refractivity contribution in [1.82, 2.24) is 19.8 Å². The number of amides is 1. The molecule has 7 heteroatoms. The molecule has 0 unspecified atom stereocenters. The van der Waals surface area contributed by atoms with Crippen molar-refractivity contribution in [3.05, 3.63) is 59.3 Å². The number of rotatable bonds is 2. The van der Waals surface area contributed by atoms with Crippen molar-refractivity contribution in [2.75, 3.05) is 26.2 Å². The van der Waals surface area contributed by atoms with Gasteiger partial charge in [0.05, 0.1) is 11.1 Å². The van der Waals surface area contributed by atoms with Gasteiger partial charge in [-0.1, -0.05) is 11.6 Å². The Morgan fingerprint density at radius 2 is 1.88 bits per heavy atom. The number of piperazine rings is 1. The van der Waals surface area contributed by atoms with Crippen molar-refractivity contribution < 1.29 is 9.18 Å². The van der Waals surface area contributed by atoms with Crippen LogP contribution in [0.25, 0.3) is 16.6 Å². The molecule has 1 aromatic carbocycles. The van der Waals surface area contributed by atoms with Crippen molar-refractivity contribution in [2.45, 2.75) is 0 Å². The summed E-state index contributed by atoms with van der Waals surface area (Å²) in [6.45, 7) is 2.80. The molecule has 128 valence electrons. The maximum Gasteiger partial charge on any atom is 0.257 e. The number of carbonyl (C=O) groups is 1. The van der Waals surface area contributed by atoms with Crippen LogP contribution in [0.1, 0.15) is 10.4 Å². The van der Waals surface area contributed by atoms with E-state index in [1.165, 1.54) is 12.1 Å². The second-order valence-corrected chi connectivity index (χ2v) is 6.27. The smallest absolute Gasteiger partial charge is 0.257 e. The van der Waals surface area contributed by atoms with Gasteiger partial charge in [0, 0.05) is 49.6 Å². The van der Waals surface area contributed by atoms with Gasteiger partial charge in [0.25, 0.3) is 5.91 Å². The molecule has 4 rings (SSSR count). The summed E-state index contributed by atoms with van der Waals surface area (Å²) in [5, 5.41) is 4.24. The monoisotopic (exact) mass is 358 g/mol. The number of carbonyl (C=O) groups excluding carboxylic acids is 1. The molecule has 0 radical (unpaired) electrons. The number of halogens is 2. The summed E-state index contributed by atoms with van der Waals surface area (Å²) in [4.78, 5) is 19.0. The molecule has 0 spiro atoms. The van der Waals surface area contributed by atoms with Crippen LogP contribution in [-0.4, -0.2) is 46.5 Å². The predicted molar refractivity (Wildman–Crippen MR) is 94.8 cm³/mol. The minimum Gasteiger partial charge on any atom is -0.336 e. The van der Waals surface area contributed by atoms with Crippen molar-refractivity contribution in [1.29, 1.82) is 0 Å². The van der Waals surface area contributed by atoms with E-state index in [4.69, 9.17) is 11.6 Å². The zero-order valence-corrected chi connectivity index (χ0v) is 14.1. The van der Waals surface area contributed by atoms with Gasteiger partial charge < -0.3 is 10.2 Å². The SMILES string of the molecule is O=C(c1c(Cl)n(-c2ccc(F)cc2)c2ccncc12)N1CCNCC1. The number of nitrogens with one attached hydrogen (secondary N) is 1. The third kappa shape index (κ3) is 2.77. The highest BCUT2D eigenvalue weighted by Gasteiger charge is 2.27. The fourth-order valence-electron chi connectivity index (χ4n) is 3.18. The summed E-state index contributed by atoms with van der Waals surface area (Å²) in [6, 6.07) is 7.83. The third-order valence-electron chi connectivity index (χ3n) is 4.41. The van der Waals surface area contributed by atoms with Crippen molar-refractivity contribution >= 4 is 28.4 Å². The van der Waals surface area contributed by atoms with Crippen LogP contribution in [0.2, 0.25) is 5.15 Å². The van der Waals surface area contributed by atoms with Gasteiger partial charge in [-0.05, 0) is 30.3 Å². The zero-order valence-electron chi connectivity index (χ0n) is 13.4. The highest BCUT2D eigenvalue weighted by Crippen LogP contribution is 2.33. The lowest BCUT2D eigenvalue weighted by atomic mass is 10.2. The maximum atomic E-state index is 13.3. The van der Waals surface area contributed by atoms with E-state index >= 15 is 0 Å². The number of hydrogen-bond acceptors (Lipinski definition) is 3. The van der Waals surface area contributed by atoms with Gasteiger partial charge in [0.1, 0.15) is 11.0 Å². The molecule has 3 heterocycles. The largest absolute Gasteiger partial charge is 0.336 e. The third-order valence-corrected chi connectivity index (χ3v) is 4.77. The van der Waals surface area contributed by atoms with E-state index in [2.05, 4.69) is 10.3 Å². The van der Waals surface area contributed by atoms with Crippen molar-refractivity contribution in [3.63, 3.8) is 0 Å². The Bertz CT molecular complexity index is 932. The second kappa shape index (κ2) is 6.46. The van der Waals surface area contributed by atoms with Gasteiger partial charge in [-0.3, -0.25) is 14.3 Å². The van der Waals surface area contributed by atoms with Crippen LogP contribution in [0.3, 0.4) is 0 Å². The van der Waals surface area contributed by atoms with E-state index in [1.807, 2.05) is 0 Å². The summed E-state index contributed by atoms with van der Waals surface area (Å²) < 4.78 is 15.0. The Morgan fingerprint density at radius 1 is 1.16 bits per heavy atom. The first-order valence-corrected chi connectivity index (χ1v) is 8.44. The Morgan fingerprint density at radius 3 is 2.60 bits per heavy atom. The molecule has 25 heavy (non-hydrogen) atoms. The Kier molecular flexibility index (Phi) is 4.15. The fourth-order valence-corrected chi connectivity index (χ4v) is 3.55. The zero-order chi connectivity index (χ0) is 17.4. The number of pyridine rings is 1. The molecular formula is C18H16ClFN4O. The average molecular weight is 359 g/mol. The Hall–Kier alpha value is -2.44. The minimum atomic E-state index is -0.324. The van der Waals surface area contributed by atoms with Crippen molar-refractivity contribution in [3.8, 4) is 5.69 Å². The first-order valence-electron chi connectivity index (χ1n) is 8.06. The Balaban J connectivity index is 1.89. The lowest BCUT2D eigenvalue weighted by Gasteiger charge is -2.27. The number of aromatic nitrogens is 2. The van der Waals surface area contributed by atoms with Crippen LogP contribution >= 0.6 is 11.6 Å². The van der Waals surface area contributed by atoms with Gasteiger partial charge >= 0.3 is 0 Å². The highest BCUT2D eigenvalue weighted by atomic mass is 35.5. The molecule has 0 saturated carbocycles. The summed E-state index contributed by atoms with van der Waals surface area (Å²) in [5.41, 5.74) is 1.91. The van der Waals surface area contributed by atoms with Crippen LogP contribution in [0, 0.1) is 5.82 Å². The van der Waals surface area contributed by atoms with Gasteiger partial charge in [0.15, 0.2) is 0 Å². The predicted octanol–water partition coefficient (Wildman–Crippen LogP) is 2.86. The van der Waals surface area contributed by atoms with Crippen molar-refractivity contribution in [2.24, 2.45) is 0 Å². The van der Waals surface area contributed by atoms with Crippen LogP contribution in [0.4, 0.5) is 4.39 Å². The fraction of sp³-hybridized carbons (Fsp3) is 0.222. The van der Waals surface area contributed by atoms with Gasteiger partial charge in [0.2, 0.25) is 0 Å². The molecule has 1 saturated heterocycles. The van der Waals surface area contributed by atoms with E-state index < -0.39 is 0 Å². The summed E-state index contributed by atoms with van der Waals surface area (Å²) in [5.74, 6) is -0.430. The summed E-state index contributed by atoms with van der Waals surface area (Å²) in [6.07, 6.45) is 3.30. The number of fused-ring (bicyclic) bond motifs is 1. The molecule has 1 aliphatic heterocycles. The summed E-state index contributed by atoms with van der Waals surface area (Å²) in [7, 11) is 0. The first-order chi connectivity index (χ1) is 12.2. The van der Waals surface area contributed by atoms with E-state index in [9.17, 15) is 9.18 Å². The molecule has 5 nitrogen and oxygen atoms in total. The van der Waals surface area contributed by atoms with Crippen LogP contribution in [0.15, 0.2) is 42.7 Å². The molecule has 1 aliphatic rings. The average Bonchev–Trinajstić information content (AvgIpc) is 2.94. The normalized spacial score (nSPS) is 14.9. The molecule has 2 aromatic heterocycles. The topological polar surface area (TPSA) is 50.2 Å².